The zero-order valence-corrected chi connectivity index (χ0v) is 28.7. The Morgan fingerprint density at radius 2 is 1.91 bits per heavy atom. The highest BCUT2D eigenvalue weighted by Gasteiger charge is 2.27. The molecule has 6 rings (SSSR count). The van der Waals surface area contributed by atoms with E-state index >= 15 is 0 Å². The number of nitrogens with zero attached hydrogens (tertiary/aromatic N) is 4. The molecule has 0 amide bonds. The van der Waals surface area contributed by atoms with E-state index in [4.69, 9.17) is 27.2 Å². The average Bonchev–Trinajstić information content (AvgIpc) is 3.48. The molecule has 46 heavy (non-hydrogen) atoms. The molecule has 1 aliphatic rings. The van der Waals surface area contributed by atoms with Crippen LogP contribution in [0.3, 0.4) is 0 Å². The van der Waals surface area contributed by atoms with E-state index in [1.165, 1.54) is 0 Å². The van der Waals surface area contributed by atoms with Crippen molar-refractivity contribution in [1.82, 2.24) is 14.3 Å². The van der Waals surface area contributed by atoms with Crippen LogP contribution in [0.5, 0.6) is 5.75 Å². The van der Waals surface area contributed by atoms with Gasteiger partial charge in [0.2, 0.25) is 0 Å². The summed E-state index contributed by atoms with van der Waals surface area (Å²) in [6.07, 6.45) is 2.57. The van der Waals surface area contributed by atoms with Crippen molar-refractivity contribution in [3.63, 3.8) is 0 Å². The molecule has 0 atom stereocenters. The number of allylic oxidation sites excluding steroid dienone is 1. The van der Waals surface area contributed by atoms with Crippen molar-refractivity contribution in [3.05, 3.63) is 88.0 Å². The number of carboxylic acid groups (broad SMARTS) is 1. The first-order chi connectivity index (χ1) is 22.2. The number of hydrogen-bond acceptors (Lipinski definition) is 7. The molecule has 0 unspecified atom stereocenters. The van der Waals surface area contributed by atoms with Crippen molar-refractivity contribution in [2.75, 3.05) is 25.2 Å². The van der Waals surface area contributed by atoms with Gasteiger partial charge in [-0.05, 0) is 61.6 Å². The van der Waals surface area contributed by atoms with E-state index in [1.807, 2.05) is 60.5 Å². The van der Waals surface area contributed by atoms with Gasteiger partial charge in [0.15, 0.2) is 0 Å². The van der Waals surface area contributed by atoms with Crippen LogP contribution in [0.2, 0.25) is 5.02 Å². The molecule has 0 saturated carbocycles. The largest absolute Gasteiger partial charge is 0.493 e. The molecule has 3 heterocycles. The van der Waals surface area contributed by atoms with Crippen molar-refractivity contribution < 1.29 is 14.6 Å². The Labute approximate surface area is 281 Å². The number of rotatable bonds is 1. The molecule has 0 radical (unpaired) electrons. The van der Waals surface area contributed by atoms with Gasteiger partial charge in [-0.1, -0.05) is 35.9 Å². The van der Waals surface area contributed by atoms with E-state index in [1.54, 1.807) is 30.6 Å². The number of halogens is 1. The topological polar surface area (TPSA) is 108 Å². The predicted molar refractivity (Wildman–Crippen MR) is 192 cm³/mol. The number of carbonyl (C=O) groups is 1. The highest BCUT2D eigenvalue weighted by atomic mass is 35.5. The molecule has 2 aromatic heterocycles. The standard InChI is InChI=1S/C35H36ClN5O3S2/c1-20-31-29-11-10-27(36)33(31)32-21(2)40(4)39-28(32)19-45-17-23(37)15-24(38-3)18-46-25-14-22-8-5-6-9-26(22)30(16-25)44-13-7-12-41(29)34(20)35(42)43/h5-6,8-11,14-16H,7,12-13,17-19,37H2,1-4H3,(H,42,43). The first-order valence-electron chi connectivity index (χ1n) is 15.0. The number of aliphatic imine (C=N–C) groups is 1. The molecule has 5 aromatic rings. The molecule has 6 bridgehead atoms. The van der Waals surface area contributed by atoms with E-state index in [0.29, 0.717) is 47.4 Å². The third-order valence-electron chi connectivity index (χ3n) is 8.40. The van der Waals surface area contributed by atoms with Crippen molar-refractivity contribution >= 4 is 68.5 Å². The Bertz CT molecular complexity index is 2050. The maximum absolute atomic E-state index is 12.7. The zero-order chi connectivity index (χ0) is 32.5. The number of fused-ring (bicyclic) bond motifs is 6. The Balaban J connectivity index is 1.48. The van der Waals surface area contributed by atoms with Crippen LogP contribution in [0.4, 0.5) is 0 Å². The summed E-state index contributed by atoms with van der Waals surface area (Å²) in [7, 11) is 3.71. The minimum absolute atomic E-state index is 0.258. The Morgan fingerprint density at radius 3 is 2.70 bits per heavy atom. The first kappa shape index (κ1) is 32.1. The summed E-state index contributed by atoms with van der Waals surface area (Å²) in [6.45, 7) is 4.77. The second-order valence-corrected chi connectivity index (χ2v) is 13.8. The number of aryl methyl sites for hydroxylation is 3. The number of nitrogens with two attached hydrogens (primary N) is 1. The summed E-state index contributed by atoms with van der Waals surface area (Å²) in [6, 6.07) is 16.2. The van der Waals surface area contributed by atoms with Gasteiger partial charge in [0, 0.05) is 92.3 Å². The van der Waals surface area contributed by atoms with Crippen LogP contribution in [-0.2, 0) is 19.3 Å². The van der Waals surface area contributed by atoms with Gasteiger partial charge in [-0.25, -0.2) is 4.79 Å². The zero-order valence-electron chi connectivity index (χ0n) is 26.3. The summed E-state index contributed by atoms with van der Waals surface area (Å²) < 4.78 is 10.1. The van der Waals surface area contributed by atoms with Crippen molar-refractivity contribution in [1.29, 1.82) is 0 Å². The van der Waals surface area contributed by atoms with Gasteiger partial charge in [0.1, 0.15) is 11.4 Å². The molecule has 0 saturated heterocycles. The van der Waals surface area contributed by atoms with Gasteiger partial charge in [-0.15, -0.1) is 23.5 Å². The summed E-state index contributed by atoms with van der Waals surface area (Å²) in [5, 5.41) is 18.8. The molecular formula is C35H36ClN5O3S2. The molecule has 11 heteroatoms. The van der Waals surface area contributed by atoms with Gasteiger partial charge in [0.05, 0.1) is 12.3 Å². The minimum atomic E-state index is -0.974. The van der Waals surface area contributed by atoms with Crippen molar-refractivity contribution in [2.45, 2.75) is 37.5 Å². The van der Waals surface area contributed by atoms with Gasteiger partial charge in [-0.3, -0.25) is 9.67 Å². The number of benzene rings is 3. The SMILES string of the molecule is CN=C1C=C(N)CSCc2nn(C)c(C)c2-c2c(Cl)ccc3c2c(C)c(C(=O)O)n3CCCOc2cc(cc3ccccc23)SC1. The molecule has 1 aliphatic heterocycles. The fraction of sp³-hybridized carbons (Fsp3) is 0.286. The van der Waals surface area contributed by atoms with E-state index in [0.717, 1.165) is 66.2 Å². The van der Waals surface area contributed by atoms with E-state index < -0.39 is 5.97 Å². The fourth-order valence-corrected chi connectivity index (χ4v) is 8.17. The molecule has 8 nitrogen and oxygen atoms in total. The highest BCUT2D eigenvalue weighted by Crippen LogP contribution is 2.43. The second kappa shape index (κ2) is 13.5. The van der Waals surface area contributed by atoms with Crippen LogP contribution in [-0.4, -0.2) is 56.3 Å². The van der Waals surface area contributed by atoms with E-state index in [9.17, 15) is 9.90 Å². The lowest BCUT2D eigenvalue weighted by Crippen LogP contribution is -2.12. The van der Waals surface area contributed by atoms with Crippen LogP contribution >= 0.6 is 35.1 Å². The van der Waals surface area contributed by atoms with Gasteiger partial charge in [0.25, 0.3) is 0 Å². The molecule has 238 valence electrons. The molecule has 0 aliphatic carbocycles. The third-order valence-corrected chi connectivity index (χ3v) is 10.7. The van der Waals surface area contributed by atoms with Gasteiger partial charge < -0.3 is 20.1 Å². The Kier molecular flexibility index (Phi) is 9.40. The predicted octanol–water partition coefficient (Wildman–Crippen LogP) is 7.88. The van der Waals surface area contributed by atoms with Crippen molar-refractivity contribution in [3.8, 4) is 16.9 Å². The monoisotopic (exact) mass is 673 g/mol. The van der Waals surface area contributed by atoms with Crippen molar-refractivity contribution in [2.24, 2.45) is 17.8 Å². The van der Waals surface area contributed by atoms with E-state index in [2.05, 4.69) is 29.3 Å². The number of aromatic nitrogens is 3. The molecule has 0 fully saturated rings. The second-order valence-electron chi connectivity index (χ2n) is 11.3. The summed E-state index contributed by atoms with van der Waals surface area (Å²) >= 11 is 10.3. The number of thioether (sulfide) groups is 2. The highest BCUT2D eigenvalue weighted by molar-refractivity contribution is 8.00. The smallest absolute Gasteiger partial charge is 0.352 e. The van der Waals surface area contributed by atoms with Gasteiger partial charge >= 0.3 is 5.97 Å². The van der Waals surface area contributed by atoms with Gasteiger partial charge in [-0.2, -0.15) is 5.10 Å². The average molecular weight is 674 g/mol. The van der Waals surface area contributed by atoms with Crippen LogP contribution in [0.1, 0.15) is 33.9 Å². The molecule has 0 spiro atoms. The summed E-state index contributed by atoms with van der Waals surface area (Å²) in [5.74, 6) is 1.70. The molecular weight excluding hydrogens is 638 g/mol. The summed E-state index contributed by atoms with van der Waals surface area (Å²) in [4.78, 5) is 18.3. The van der Waals surface area contributed by atoms with Crippen LogP contribution in [0.25, 0.3) is 32.8 Å². The first-order valence-corrected chi connectivity index (χ1v) is 17.5. The maximum atomic E-state index is 12.7. The Hall–Kier alpha value is -3.86. The number of carboxylic acids is 1. The normalized spacial score (nSPS) is 15.8. The van der Waals surface area contributed by atoms with Crippen LogP contribution in [0.15, 0.2) is 70.2 Å². The summed E-state index contributed by atoms with van der Waals surface area (Å²) in [5.41, 5.74) is 13.5. The number of aromatic carboxylic acids is 1. The number of hydrogen-bond donors (Lipinski definition) is 2. The third kappa shape index (κ3) is 6.13. The fourth-order valence-electron chi connectivity index (χ4n) is 6.17. The van der Waals surface area contributed by atoms with Crippen LogP contribution < -0.4 is 10.5 Å². The molecule has 3 aromatic carbocycles. The van der Waals surface area contributed by atoms with Crippen LogP contribution in [0, 0.1) is 13.8 Å². The number of ether oxygens (including phenoxy) is 1. The maximum Gasteiger partial charge on any atom is 0.352 e. The lowest BCUT2D eigenvalue weighted by Gasteiger charge is -2.14. The lowest BCUT2D eigenvalue weighted by molar-refractivity contribution is 0.0684. The quantitative estimate of drug-likeness (QED) is 0.186. The lowest BCUT2D eigenvalue weighted by atomic mass is 9.97. The molecule has 3 N–H and O–H groups in total. The minimum Gasteiger partial charge on any atom is -0.493 e. The Morgan fingerprint density at radius 1 is 1.11 bits per heavy atom. The van der Waals surface area contributed by atoms with E-state index in [-0.39, 0.29) is 5.69 Å².